The lowest BCUT2D eigenvalue weighted by molar-refractivity contribution is -0.120. The Labute approximate surface area is 73.4 Å². The second-order valence-electron chi connectivity index (χ2n) is 3.56. The average Bonchev–Trinajstić information content (AvgIpc) is 2.48. The summed E-state index contributed by atoms with van der Waals surface area (Å²) < 4.78 is 5.61. The van der Waals surface area contributed by atoms with Gasteiger partial charge in [-0.15, -0.1) is 0 Å². The smallest absolute Gasteiger partial charge is 0.0940 e. The Morgan fingerprint density at radius 2 is 2.33 bits per heavy atom. The highest BCUT2D eigenvalue weighted by Gasteiger charge is 2.42. The van der Waals surface area contributed by atoms with Crippen molar-refractivity contribution in [2.45, 2.75) is 50.9 Å². The molecule has 0 saturated carbocycles. The van der Waals surface area contributed by atoms with E-state index in [0.717, 1.165) is 19.3 Å². The third-order valence-electron chi connectivity index (χ3n) is 2.85. The molecule has 0 bridgehead atoms. The van der Waals surface area contributed by atoms with Crippen LogP contribution in [0.15, 0.2) is 0 Å². The van der Waals surface area contributed by atoms with Gasteiger partial charge in [-0.3, -0.25) is 0 Å². The first-order valence-electron chi connectivity index (χ1n) is 4.61. The van der Waals surface area contributed by atoms with Gasteiger partial charge in [0.05, 0.1) is 24.4 Å². The molecule has 0 radical (unpaired) electrons. The van der Waals surface area contributed by atoms with E-state index < -0.39 is 11.7 Å². The molecule has 1 saturated heterocycles. The van der Waals surface area contributed by atoms with Crippen LogP contribution in [0.4, 0.5) is 0 Å². The minimum Gasteiger partial charge on any atom is -0.394 e. The van der Waals surface area contributed by atoms with Crippen molar-refractivity contribution in [1.29, 1.82) is 0 Å². The molecule has 3 nitrogen and oxygen atoms in total. The van der Waals surface area contributed by atoms with Gasteiger partial charge in [0, 0.05) is 0 Å². The van der Waals surface area contributed by atoms with E-state index in [1.54, 1.807) is 6.92 Å². The molecule has 0 spiro atoms. The summed E-state index contributed by atoms with van der Waals surface area (Å²) in [5.74, 6) is 0. The molecule has 1 fully saturated rings. The van der Waals surface area contributed by atoms with Crippen LogP contribution in [0.1, 0.15) is 33.1 Å². The van der Waals surface area contributed by atoms with Crippen LogP contribution in [-0.4, -0.2) is 34.6 Å². The van der Waals surface area contributed by atoms with Crippen molar-refractivity contribution < 1.29 is 14.9 Å². The van der Waals surface area contributed by atoms with Crippen molar-refractivity contribution in [3.8, 4) is 0 Å². The molecule has 3 atom stereocenters. The molecular weight excluding hydrogens is 156 g/mol. The molecule has 0 amide bonds. The molecule has 0 aromatic heterocycles. The molecule has 0 aromatic rings. The standard InChI is InChI=1S/C9H18O3/c1-3-9(7(2)11)5-4-8(6-10)12-9/h7-8,10-11H,3-6H2,1-2H3. The second kappa shape index (κ2) is 3.73. The predicted octanol–water partition coefficient (Wildman–Crippen LogP) is 0.687. The van der Waals surface area contributed by atoms with Crippen LogP contribution in [0, 0.1) is 0 Å². The van der Waals surface area contributed by atoms with E-state index in [1.807, 2.05) is 6.92 Å². The topological polar surface area (TPSA) is 49.7 Å². The fourth-order valence-electron chi connectivity index (χ4n) is 1.85. The summed E-state index contributed by atoms with van der Waals surface area (Å²) in [6.45, 7) is 3.82. The van der Waals surface area contributed by atoms with Crippen molar-refractivity contribution in [1.82, 2.24) is 0 Å². The van der Waals surface area contributed by atoms with Crippen molar-refractivity contribution in [3.63, 3.8) is 0 Å². The summed E-state index contributed by atoms with van der Waals surface area (Å²) in [5.41, 5.74) is -0.395. The quantitative estimate of drug-likeness (QED) is 0.661. The Hall–Kier alpha value is -0.120. The van der Waals surface area contributed by atoms with Crippen molar-refractivity contribution in [2.24, 2.45) is 0 Å². The van der Waals surface area contributed by atoms with E-state index >= 15 is 0 Å². The third-order valence-corrected chi connectivity index (χ3v) is 2.85. The van der Waals surface area contributed by atoms with E-state index in [0.29, 0.717) is 0 Å². The monoisotopic (exact) mass is 174 g/mol. The van der Waals surface area contributed by atoms with Crippen LogP contribution in [0.25, 0.3) is 0 Å². The Morgan fingerprint density at radius 3 is 2.58 bits per heavy atom. The van der Waals surface area contributed by atoms with Crippen LogP contribution >= 0.6 is 0 Å². The summed E-state index contributed by atoms with van der Waals surface area (Å²) in [6, 6.07) is 0. The maximum atomic E-state index is 9.51. The van der Waals surface area contributed by atoms with E-state index in [1.165, 1.54) is 0 Å². The Balaban J connectivity index is 2.59. The number of rotatable bonds is 3. The molecule has 12 heavy (non-hydrogen) atoms. The molecule has 1 aliphatic rings. The molecule has 3 unspecified atom stereocenters. The van der Waals surface area contributed by atoms with Gasteiger partial charge in [-0.2, -0.15) is 0 Å². The van der Waals surface area contributed by atoms with Gasteiger partial charge < -0.3 is 14.9 Å². The molecule has 1 aliphatic heterocycles. The largest absolute Gasteiger partial charge is 0.394 e. The molecule has 1 rings (SSSR count). The van der Waals surface area contributed by atoms with E-state index in [-0.39, 0.29) is 12.7 Å². The molecule has 0 aliphatic carbocycles. The van der Waals surface area contributed by atoms with Crippen molar-refractivity contribution in [2.75, 3.05) is 6.61 Å². The van der Waals surface area contributed by atoms with Crippen molar-refractivity contribution >= 4 is 0 Å². The van der Waals surface area contributed by atoms with Crippen LogP contribution in [0.5, 0.6) is 0 Å². The number of aliphatic hydroxyl groups excluding tert-OH is 2. The second-order valence-corrected chi connectivity index (χ2v) is 3.56. The zero-order chi connectivity index (χ0) is 9.19. The number of ether oxygens (including phenoxy) is 1. The highest BCUT2D eigenvalue weighted by Crippen LogP contribution is 2.35. The summed E-state index contributed by atoms with van der Waals surface area (Å²) in [5, 5.41) is 18.4. The lowest BCUT2D eigenvalue weighted by Crippen LogP contribution is -2.40. The van der Waals surface area contributed by atoms with Crippen molar-refractivity contribution in [3.05, 3.63) is 0 Å². The lowest BCUT2D eigenvalue weighted by Gasteiger charge is -2.31. The zero-order valence-electron chi connectivity index (χ0n) is 7.79. The minimum absolute atomic E-state index is 0.0640. The van der Waals surface area contributed by atoms with Gasteiger partial charge in [-0.05, 0) is 26.2 Å². The Kier molecular flexibility index (Phi) is 3.09. The van der Waals surface area contributed by atoms with Gasteiger partial charge in [0.25, 0.3) is 0 Å². The van der Waals surface area contributed by atoms with Gasteiger partial charge in [0.1, 0.15) is 0 Å². The van der Waals surface area contributed by atoms with Gasteiger partial charge in [0.15, 0.2) is 0 Å². The molecule has 72 valence electrons. The number of hydrogen-bond donors (Lipinski definition) is 2. The Bertz CT molecular complexity index is 147. The first-order valence-corrected chi connectivity index (χ1v) is 4.61. The van der Waals surface area contributed by atoms with Crippen LogP contribution in [0.2, 0.25) is 0 Å². The highest BCUT2D eigenvalue weighted by molar-refractivity contribution is 4.91. The van der Waals surface area contributed by atoms with Crippen LogP contribution in [-0.2, 0) is 4.74 Å². The van der Waals surface area contributed by atoms with E-state index in [9.17, 15) is 5.11 Å². The maximum absolute atomic E-state index is 9.51. The minimum atomic E-state index is -0.445. The summed E-state index contributed by atoms with van der Waals surface area (Å²) in [7, 11) is 0. The van der Waals surface area contributed by atoms with Crippen LogP contribution < -0.4 is 0 Å². The first-order chi connectivity index (χ1) is 5.64. The predicted molar refractivity (Wildman–Crippen MR) is 45.9 cm³/mol. The molecule has 2 N–H and O–H groups in total. The van der Waals surface area contributed by atoms with Crippen LogP contribution in [0.3, 0.4) is 0 Å². The van der Waals surface area contributed by atoms with Gasteiger partial charge in [-0.1, -0.05) is 6.92 Å². The number of hydrogen-bond acceptors (Lipinski definition) is 3. The summed E-state index contributed by atoms with van der Waals surface area (Å²) >= 11 is 0. The van der Waals surface area contributed by atoms with Gasteiger partial charge in [-0.25, -0.2) is 0 Å². The zero-order valence-corrected chi connectivity index (χ0v) is 7.79. The lowest BCUT2D eigenvalue weighted by atomic mass is 9.91. The fourth-order valence-corrected chi connectivity index (χ4v) is 1.85. The molecule has 3 heteroatoms. The SMILES string of the molecule is CCC1(C(C)O)CCC(CO)O1. The summed E-state index contributed by atoms with van der Waals surface area (Å²) in [4.78, 5) is 0. The maximum Gasteiger partial charge on any atom is 0.0940 e. The highest BCUT2D eigenvalue weighted by atomic mass is 16.5. The number of aliphatic hydroxyl groups is 2. The molecular formula is C9H18O3. The third kappa shape index (κ3) is 1.63. The fraction of sp³-hybridized carbons (Fsp3) is 1.00. The normalized spacial score (nSPS) is 38.5. The Morgan fingerprint density at radius 1 is 1.67 bits per heavy atom. The van der Waals surface area contributed by atoms with E-state index in [2.05, 4.69) is 0 Å². The van der Waals surface area contributed by atoms with Gasteiger partial charge in [0.2, 0.25) is 0 Å². The molecule has 1 heterocycles. The van der Waals surface area contributed by atoms with E-state index in [4.69, 9.17) is 9.84 Å². The first kappa shape index (κ1) is 9.96. The average molecular weight is 174 g/mol. The molecule has 0 aromatic carbocycles. The van der Waals surface area contributed by atoms with Gasteiger partial charge >= 0.3 is 0 Å². The summed E-state index contributed by atoms with van der Waals surface area (Å²) in [6.07, 6.45) is 2.00.